The largest absolute Gasteiger partial charge is 0.549 e. The highest BCUT2D eigenvalue weighted by Crippen LogP contribution is 2.47. The number of cyclic esters (lactones) is 3. The van der Waals surface area contributed by atoms with Crippen LogP contribution in [0.25, 0.3) is 0 Å². The van der Waals surface area contributed by atoms with E-state index in [0.717, 1.165) is 12.8 Å². The van der Waals surface area contributed by atoms with E-state index in [9.17, 15) is 19.5 Å². The summed E-state index contributed by atoms with van der Waals surface area (Å²) < 4.78 is 9.56. The van der Waals surface area contributed by atoms with E-state index < -0.39 is 29.3 Å². The highest BCUT2D eigenvalue weighted by atomic mass is 16.6. The van der Waals surface area contributed by atoms with Gasteiger partial charge in [-0.25, -0.2) is 4.79 Å². The lowest BCUT2D eigenvalue weighted by Crippen LogP contribution is -2.26. The second kappa shape index (κ2) is 5.61. The molecule has 24 heavy (non-hydrogen) atoms. The molecular formula is C18H19O6-. The summed E-state index contributed by atoms with van der Waals surface area (Å²) in [5.74, 6) is -2.88. The average molecular weight is 331 g/mol. The van der Waals surface area contributed by atoms with Gasteiger partial charge in [-0.2, -0.15) is 0 Å². The third kappa shape index (κ3) is 2.28. The van der Waals surface area contributed by atoms with Crippen molar-refractivity contribution < 1.29 is 29.0 Å². The predicted octanol–water partition coefficient (Wildman–Crippen LogP) is 1.51. The van der Waals surface area contributed by atoms with Crippen molar-refractivity contribution >= 4 is 17.9 Å². The SMILES string of the molecule is CC[C@H]1/C=C2/C(=O)OC([O-])=C2C[C@@]2(C)C(=O)OC(=O)/C2=C/[C@H]1CC. The topological polar surface area (TPSA) is 92.7 Å². The van der Waals surface area contributed by atoms with Crippen LogP contribution in [0.15, 0.2) is 34.8 Å². The van der Waals surface area contributed by atoms with Crippen molar-refractivity contribution in [1.82, 2.24) is 0 Å². The molecule has 2 aliphatic heterocycles. The maximum Gasteiger partial charge on any atom is 0.342 e. The summed E-state index contributed by atoms with van der Waals surface area (Å²) in [5.41, 5.74) is -0.638. The molecule has 3 aliphatic rings. The molecular weight excluding hydrogens is 312 g/mol. The van der Waals surface area contributed by atoms with E-state index >= 15 is 0 Å². The molecule has 0 aromatic heterocycles. The van der Waals surface area contributed by atoms with Crippen LogP contribution in [0.3, 0.4) is 0 Å². The van der Waals surface area contributed by atoms with Crippen molar-refractivity contribution in [3.63, 3.8) is 0 Å². The van der Waals surface area contributed by atoms with Gasteiger partial charge in [-0.15, -0.1) is 0 Å². The Kier molecular flexibility index (Phi) is 3.86. The van der Waals surface area contributed by atoms with E-state index in [-0.39, 0.29) is 35.0 Å². The van der Waals surface area contributed by atoms with Crippen molar-refractivity contribution in [3.05, 3.63) is 34.8 Å². The van der Waals surface area contributed by atoms with E-state index in [4.69, 9.17) is 9.47 Å². The van der Waals surface area contributed by atoms with Crippen LogP contribution < -0.4 is 5.11 Å². The van der Waals surface area contributed by atoms with Crippen LogP contribution in [0.1, 0.15) is 40.0 Å². The van der Waals surface area contributed by atoms with Crippen molar-refractivity contribution in [2.45, 2.75) is 40.0 Å². The molecule has 1 fully saturated rings. The number of rotatable bonds is 2. The molecule has 3 rings (SSSR count). The smallest absolute Gasteiger partial charge is 0.342 e. The summed E-state index contributed by atoms with van der Waals surface area (Å²) in [6.45, 7) is 5.52. The van der Waals surface area contributed by atoms with E-state index in [1.165, 1.54) is 0 Å². The van der Waals surface area contributed by atoms with Crippen LogP contribution in [0.4, 0.5) is 0 Å². The third-order valence-corrected chi connectivity index (χ3v) is 5.21. The number of esters is 3. The van der Waals surface area contributed by atoms with Crippen molar-refractivity contribution in [2.75, 3.05) is 0 Å². The molecule has 0 saturated carbocycles. The lowest BCUT2D eigenvalue weighted by Gasteiger charge is -2.22. The molecule has 0 aromatic rings. The van der Waals surface area contributed by atoms with E-state index in [1.54, 1.807) is 19.1 Å². The van der Waals surface area contributed by atoms with Crippen LogP contribution in [0, 0.1) is 17.3 Å². The maximum atomic E-state index is 12.3. The second-order valence-corrected chi connectivity index (χ2v) is 6.65. The fraction of sp³-hybridized carbons (Fsp3) is 0.500. The number of carbonyl (C=O) groups is 3. The zero-order valence-electron chi connectivity index (χ0n) is 13.9. The first-order valence-electron chi connectivity index (χ1n) is 8.15. The fourth-order valence-electron chi connectivity index (χ4n) is 3.65. The molecule has 0 amide bonds. The minimum atomic E-state index is -1.27. The third-order valence-electron chi connectivity index (χ3n) is 5.21. The lowest BCUT2D eigenvalue weighted by molar-refractivity contribution is -0.348. The normalized spacial score (nSPS) is 37.2. The lowest BCUT2D eigenvalue weighted by atomic mass is 9.76. The van der Waals surface area contributed by atoms with Crippen molar-refractivity contribution in [1.29, 1.82) is 0 Å². The van der Waals surface area contributed by atoms with Gasteiger partial charge in [-0.1, -0.05) is 26.0 Å². The summed E-state index contributed by atoms with van der Waals surface area (Å²) in [6, 6.07) is 0. The quantitative estimate of drug-likeness (QED) is 0.562. The molecule has 128 valence electrons. The molecule has 0 aromatic carbocycles. The van der Waals surface area contributed by atoms with E-state index in [1.807, 2.05) is 13.8 Å². The monoisotopic (exact) mass is 331 g/mol. The Morgan fingerprint density at radius 2 is 1.71 bits per heavy atom. The Balaban J connectivity index is 2.23. The Morgan fingerprint density at radius 1 is 1.08 bits per heavy atom. The van der Waals surface area contributed by atoms with Crippen LogP contribution in [-0.4, -0.2) is 17.9 Å². The van der Waals surface area contributed by atoms with E-state index in [2.05, 4.69) is 0 Å². The molecule has 3 atom stereocenters. The average Bonchev–Trinajstić information content (AvgIpc) is 2.92. The molecule has 0 unspecified atom stereocenters. The number of allylic oxidation sites excluding steroid dienone is 2. The highest BCUT2D eigenvalue weighted by molar-refractivity contribution is 6.10. The number of ether oxygens (including phenoxy) is 2. The standard InChI is InChI=1S/C18H20O6/c1-4-9-6-11-12(15(20)23-14(11)19)8-18(3)13(7-10(9)5-2)16(21)24-17(18)22/h6-7,9-10,20H,4-5,8H2,1-3H3/p-1/b11-6+,13-7-/t9-,10+,18+/m0/s1. The molecule has 2 heterocycles. The molecule has 1 aliphatic carbocycles. The summed E-state index contributed by atoms with van der Waals surface area (Å²) in [4.78, 5) is 36.5. The van der Waals surface area contributed by atoms with Gasteiger partial charge in [0.2, 0.25) is 5.97 Å². The summed E-state index contributed by atoms with van der Waals surface area (Å²) in [5, 5.41) is 12.1. The summed E-state index contributed by atoms with van der Waals surface area (Å²) >= 11 is 0. The molecule has 1 saturated heterocycles. The zero-order valence-corrected chi connectivity index (χ0v) is 13.9. The van der Waals surface area contributed by atoms with Gasteiger partial charge in [0.25, 0.3) is 0 Å². The van der Waals surface area contributed by atoms with Gasteiger partial charge in [-0.3, -0.25) is 9.59 Å². The van der Waals surface area contributed by atoms with Gasteiger partial charge in [0.05, 0.1) is 11.5 Å². The minimum absolute atomic E-state index is 0.0434. The summed E-state index contributed by atoms with van der Waals surface area (Å²) in [6.07, 6.45) is 4.92. The molecule has 0 spiro atoms. The predicted molar refractivity (Wildman–Crippen MR) is 80.7 cm³/mol. The van der Waals surface area contributed by atoms with Crippen LogP contribution >= 0.6 is 0 Å². The fourth-order valence-corrected chi connectivity index (χ4v) is 3.65. The van der Waals surface area contributed by atoms with E-state index in [0.29, 0.717) is 0 Å². The highest BCUT2D eigenvalue weighted by Gasteiger charge is 2.52. The Hall–Kier alpha value is -2.37. The Labute approximate surface area is 139 Å². The van der Waals surface area contributed by atoms with Gasteiger partial charge in [0.1, 0.15) is 5.41 Å². The molecule has 6 nitrogen and oxygen atoms in total. The zero-order chi connectivity index (χ0) is 17.6. The van der Waals surface area contributed by atoms with Gasteiger partial charge < -0.3 is 14.6 Å². The number of hydrogen-bond acceptors (Lipinski definition) is 6. The van der Waals surface area contributed by atoms with Crippen LogP contribution in [-0.2, 0) is 23.9 Å². The maximum absolute atomic E-state index is 12.3. The molecule has 0 radical (unpaired) electrons. The summed E-state index contributed by atoms with van der Waals surface area (Å²) in [7, 11) is 0. The van der Waals surface area contributed by atoms with Gasteiger partial charge in [0.15, 0.2) is 0 Å². The molecule has 0 N–H and O–H groups in total. The number of hydrogen-bond donors (Lipinski definition) is 0. The van der Waals surface area contributed by atoms with Crippen LogP contribution in [0.2, 0.25) is 0 Å². The first-order chi connectivity index (χ1) is 11.3. The number of carbonyl (C=O) groups excluding carboxylic acids is 3. The van der Waals surface area contributed by atoms with Crippen molar-refractivity contribution in [3.8, 4) is 0 Å². The van der Waals surface area contributed by atoms with Gasteiger partial charge in [-0.05, 0) is 43.6 Å². The second-order valence-electron chi connectivity index (χ2n) is 6.65. The molecule has 6 heteroatoms. The first kappa shape index (κ1) is 16.5. The van der Waals surface area contributed by atoms with Crippen LogP contribution in [0.5, 0.6) is 0 Å². The minimum Gasteiger partial charge on any atom is -0.549 e. The molecule has 0 bridgehead atoms. The Bertz CT molecular complexity index is 726. The first-order valence-corrected chi connectivity index (χ1v) is 8.15. The Morgan fingerprint density at radius 3 is 2.33 bits per heavy atom. The number of fused-ring (bicyclic) bond motifs is 2. The van der Waals surface area contributed by atoms with Gasteiger partial charge >= 0.3 is 11.9 Å². The van der Waals surface area contributed by atoms with Gasteiger partial charge in [0, 0.05) is 5.57 Å². The van der Waals surface area contributed by atoms with Crippen molar-refractivity contribution in [2.24, 2.45) is 17.3 Å².